The molecule has 82 heavy (non-hydrogen) atoms. The Morgan fingerprint density at radius 3 is 1.59 bits per heavy atom. The van der Waals surface area contributed by atoms with Gasteiger partial charge in [-0.1, -0.05) is 160 Å². The molecular weight excluding hydrogens is 1040 g/mol. The smallest absolute Gasteiger partial charge is 0.326 e. The Kier molecular flexibility index (Phi) is 23.8. The number of benzene rings is 5. The van der Waals surface area contributed by atoms with Crippen LogP contribution in [0.5, 0.6) is 0 Å². The molecule has 438 valence electrons. The number of carbonyl (C=O) groups is 8. The summed E-state index contributed by atoms with van der Waals surface area (Å²) in [6.45, 7) is 17.5. The van der Waals surface area contributed by atoms with E-state index in [4.69, 9.17) is 9.47 Å². The lowest BCUT2D eigenvalue weighted by atomic mass is 9.77. The van der Waals surface area contributed by atoms with Crippen molar-refractivity contribution in [2.45, 2.75) is 162 Å². The maximum atomic E-state index is 14.3. The number of Topliss-reactive ketones (excluding diaryl/α,β-unsaturated/α-hetero) is 3. The van der Waals surface area contributed by atoms with E-state index in [1.807, 2.05) is 124 Å². The zero-order chi connectivity index (χ0) is 60.4. The number of aliphatic carboxylic acids is 1. The van der Waals surface area contributed by atoms with Gasteiger partial charge in [-0.15, -0.1) is 0 Å². The van der Waals surface area contributed by atoms with Gasteiger partial charge in [-0.25, -0.2) is 4.79 Å². The highest BCUT2D eigenvalue weighted by molar-refractivity contribution is 6.00. The molecule has 5 aromatic rings. The molecule has 4 amide bonds. The molecule has 0 aliphatic carbocycles. The second-order valence-electron chi connectivity index (χ2n) is 23.3. The fraction of sp³-hybridized carbons (Fsp3) is 0.433. The van der Waals surface area contributed by atoms with Crippen molar-refractivity contribution in [3.05, 3.63) is 167 Å². The molecule has 0 fully saturated rings. The van der Waals surface area contributed by atoms with E-state index in [2.05, 4.69) is 47.1 Å². The number of carboxylic acids is 1. The molecule has 5 aromatic carbocycles. The van der Waals surface area contributed by atoms with Crippen LogP contribution in [0.4, 0.5) is 0 Å². The minimum atomic E-state index is -1.68. The normalized spacial score (nSPS) is 14.0. The van der Waals surface area contributed by atoms with E-state index in [0.29, 0.717) is 22.3 Å². The molecule has 0 aliphatic heterocycles. The van der Waals surface area contributed by atoms with Gasteiger partial charge in [-0.05, 0) is 102 Å². The summed E-state index contributed by atoms with van der Waals surface area (Å²) in [5, 5.41) is 18.7. The van der Waals surface area contributed by atoms with E-state index < -0.39 is 107 Å². The van der Waals surface area contributed by atoms with Gasteiger partial charge < -0.3 is 35.4 Å². The molecule has 0 spiro atoms. The fourth-order valence-electron chi connectivity index (χ4n) is 9.87. The number of amides is 4. The van der Waals surface area contributed by atoms with Gasteiger partial charge >= 0.3 is 5.97 Å². The number of hydrogen-bond acceptors (Lipinski definition) is 10. The van der Waals surface area contributed by atoms with Gasteiger partial charge in [0.25, 0.3) is 0 Å². The van der Waals surface area contributed by atoms with Crippen LogP contribution in [0.25, 0.3) is 11.1 Å². The van der Waals surface area contributed by atoms with Crippen molar-refractivity contribution in [1.29, 1.82) is 0 Å². The Balaban J connectivity index is 1.22. The van der Waals surface area contributed by atoms with E-state index in [9.17, 15) is 43.5 Å². The Bertz CT molecular complexity index is 2840. The predicted octanol–water partition coefficient (Wildman–Crippen LogP) is 10.2. The number of aryl methyl sites for hydroxylation is 1. The number of carboxylic acid groups (broad SMARTS) is 1. The monoisotopic (exact) mass is 1120 g/mol. The second kappa shape index (κ2) is 29.9. The van der Waals surface area contributed by atoms with Gasteiger partial charge in [-0.2, -0.15) is 0 Å². The van der Waals surface area contributed by atoms with Crippen LogP contribution in [0.2, 0.25) is 0 Å². The first-order valence-corrected chi connectivity index (χ1v) is 28.4. The number of ether oxygens (including phenoxy) is 2. The SMILES string of the molecule is CCCCc1ccc(-c2ccc(C(=O)CC(COC(C)(C)C)C(=O)N[C@H](C)C(=O)CCC(=O)N(C)[C@H](C(=O)C[C@@H](C)C(=O)N[C@@H](CC(=O)NC(c3ccccc3)(c3ccccc3)c3ccccc3)C(=O)O)[C@@H](C)OC(C)(C)C)cc2)cc1. The number of hydrogen-bond donors (Lipinski definition) is 4. The highest BCUT2D eigenvalue weighted by Gasteiger charge is 2.40. The van der Waals surface area contributed by atoms with Crippen molar-refractivity contribution in [1.82, 2.24) is 20.9 Å². The summed E-state index contributed by atoms with van der Waals surface area (Å²) in [4.78, 5) is 111. The van der Waals surface area contributed by atoms with Crippen LogP contribution in [0, 0.1) is 11.8 Å². The quantitative estimate of drug-likeness (QED) is 0.0251. The highest BCUT2D eigenvalue weighted by atomic mass is 16.5. The summed E-state index contributed by atoms with van der Waals surface area (Å²) < 4.78 is 12.2. The number of likely N-dealkylation sites (N-methyl/N-ethyl adjacent to an activating group) is 1. The fourth-order valence-corrected chi connectivity index (χ4v) is 9.87. The predicted molar refractivity (Wildman–Crippen MR) is 318 cm³/mol. The first-order chi connectivity index (χ1) is 38.7. The van der Waals surface area contributed by atoms with Crippen LogP contribution in [0.3, 0.4) is 0 Å². The van der Waals surface area contributed by atoms with Gasteiger partial charge in [0.2, 0.25) is 23.6 Å². The maximum absolute atomic E-state index is 14.3. The van der Waals surface area contributed by atoms with Crippen molar-refractivity contribution in [3.63, 3.8) is 0 Å². The summed E-state index contributed by atoms with van der Waals surface area (Å²) in [6.07, 6.45) is 0.447. The van der Waals surface area contributed by atoms with E-state index in [0.717, 1.165) is 30.4 Å². The third-order valence-electron chi connectivity index (χ3n) is 14.3. The molecule has 0 bridgehead atoms. The minimum absolute atomic E-state index is 0.0876. The average molecular weight is 1120 g/mol. The molecule has 0 radical (unpaired) electrons. The lowest BCUT2D eigenvalue weighted by molar-refractivity contribution is -0.150. The lowest BCUT2D eigenvalue weighted by Gasteiger charge is -2.37. The first-order valence-electron chi connectivity index (χ1n) is 28.4. The average Bonchev–Trinajstić information content (AvgIpc) is 2.06. The second-order valence-corrected chi connectivity index (χ2v) is 23.3. The van der Waals surface area contributed by atoms with Gasteiger partial charge in [0.15, 0.2) is 17.3 Å². The molecule has 5 rings (SSSR count). The number of rotatable bonds is 30. The molecule has 15 nitrogen and oxygen atoms in total. The van der Waals surface area contributed by atoms with E-state index in [-0.39, 0.29) is 31.7 Å². The zero-order valence-electron chi connectivity index (χ0n) is 49.6. The van der Waals surface area contributed by atoms with Gasteiger partial charge in [-0.3, -0.25) is 33.6 Å². The molecule has 0 aliphatic rings. The van der Waals surface area contributed by atoms with Crippen molar-refractivity contribution in [2.75, 3.05) is 13.7 Å². The molecule has 6 atom stereocenters. The van der Waals surface area contributed by atoms with Crippen molar-refractivity contribution < 1.29 is 52.9 Å². The number of carbonyl (C=O) groups excluding carboxylic acids is 7. The number of nitrogens with zero attached hydrogens (tertiary/aromatic N) is 1. The van der Waals surface area contributed by atoms with Crippen molar-refractivity contribution >= 4 is 46.9 Å². The van der Waals surface area contributed by atoms with Gasteiger partial charge in [0, 0.05) is 44.2 Å². The van der Waals surface area contributed by atoms with E-state index >= 15 is 0 Å². The Morgan fingerprint density at radius 1 is 0.598 bits per heavy atom. The molecule has 15 heteroatoms. The minimum Gasteiger partial charge on any atom is -0.480 e. The van der Waals surface area contributed by atoms with E-state index in [1.165, 1.54) is 31.4 Å². The summed E-state index contributed by atoms with van der Waals surface area (Å²) in [5.41, 5.74) is 3.18. The van der Waals surface area contributed by atoms with Crippen LogP contribution >= 0.6 is 0 Å². The standard InChI is InChI=1S/C67H84N4O11/c1-12-13-23-47-30-32-48(33-31-47)49-34-36-50(37-35-49)57(73)41-51(43-81-65(5,6)7)63(78)68-45(3)56(72)38-39-60(76)71(11)61(46(4)82-66(8,9)10)58(74)40-44(2)62(77)69-55(64(79)80)42-59(75)70-67(52-24-17-14-18-25-52,53-26-19-15-20-27-53)54-28-21-16-22-29-54/h14-22,24-37,44-46,51,55,61H,12-13,23,38-43H2,1-11H3,(H,68,78)(H,69,77)(H,70,75)(H,79,80)/t44-,45-,46-,51?,55+,61+/m1/s1. The van der Waals surface area contributed by atoms with Gasteiger partial charge in [0.05, 0.1) is 42.3 Å². The van der Waals surface area contributed by atoms with Crippen molar-refractivity contribution in [2.24, 2.45) is 11.8 Å². The molecule has 0 heterocycles. The maximum Gasteiger partial charge on any atom is 0.326 e. The van der Waals surface area contributed by atoms with Gasteiger partial charge in [0.1, 0.15) is 17.6 Å². The Labute approximate surface area is 484 Å². The van der Waals surface area contributed by atoms with Crippen LogP contribution < -0.4 is 16.0 Å². The third kappa shape index (κ3) is 19.0. The molecule has 1 unspecified atom stereocenters. The zero-order valence-corrected chi connectivity index (χ0v) is 49.6. The largest absolute Gasteiger partial charge is 0.480 e. The number of nitrogens with one attached hydrogen (secondary N) is 3. The third-order valence-corrected chi connectivity index (χ3v) is 14.3. The molecule has 0 saturated carbocycles. The molecule has 4 N–H and O–H groups in total. The summed E-state index contributed by atoms with van der Waals surface area (Å²) in [7, 11) is 1.41. The molecule has 0 aromatic heterocycles. The Morgan fingerprint density at radius 2 is 1.11 bits per heavy atom. The van der Waals surface area contributed by atoms with Crippen LogP contribution in [0.15, 0.2) is 140 Å². The Hall–Kier alpha value is -7.62. The summed E-state index contributed by atoms with van der Waals surface area (Å²) in [5.74, 6) is -7.45. The van der Waals surface area contributed by atoms with Crippen molar-refractivity contribution in [3.8, 4) is 11.1 Å². The number of ketones is 3. The molecular formula is C67H84N4O11. The molecule has 0 saturated heterocycles. The van der Waals surface area contributed by atoms with Crippen LogP contribution in [-0.4, -0.2) is 106 Å². The van der Waals surface area contributed by atoms with Crippen LogP contribution in [0.1, 0.15) is 147 Å². The summed E-state index contributed by atoms with van der Waals surface area (Å²) in [6, 6.07) is 39.4. The first kappa shape index (κ1) is 65.2. The topological polar surface area (TPSA) is 215 Å². The lowest BCUT2D eigenvalue weighted by Crippen LogP contribution is -2.53. The highest BCUT2D eigenvalue weighted by Crippen LogP contribution is 2.37. The summed E-state index contributed by atoms with van der Waals surface area (Å²) >= 11 is 0. The number of unbranched alkanes of at least 4 members (excludes halogenated alkanes) is 1. The van der Waals surface area contributed by atoms with E-state index in [1.54, 1.807) is 39.8 Å². The van der Waals surface area contributed by atoms with Crippen LogP contribution in [-0.2, 0) is 55.0 Å².